The summed E-state index contributed by atoms with van der Waals surface area (Å²) >= 11 is 0. The molecule has 4 heteroatoms. The Kier molecular flexibility index (Phi) is 7.60. The summed E-state index contributed by atoms with van der Waals surface area (Å²) in [5.41, 5.74) is 0. The van der Waals surface area contributed by atoms with Gasteiger partial charge in [-0.05, 0) is 31.1 Å². The second-order valence-corrected chi connectivity index (χ2v) is 4.73. The molecule has 0 aliphatic carbocycles. The number of unbranched alkanes of at least 4 members (excludes halogenated alkanes) is 1. The van der Waals surface area contributed by atoms with E-state index in [9.17, 15) is 9.59 Å². The lowest BCUT2D eigenvalue weighted by atomic mass is 9.89. The predicted octanol–water partition coefficient (Wildman–Crippen LogP) is 2.77. The fraction of sp³-hybridized carbons (Fsp3) is 0.833. The van der Waals surface area contributed by atoms with Crippen molar-refractivity contribution in [1.29, 1.82) is 0 Å². The molecule has 1 unspecified atom stereocenters. The van der Waals surface area contributed by atoms with Gasteiger partial charge in [-0.3, -0.25) is 9.59 Å². The van der Waals surface area contributed by atoms with Crippen LogP contribution in [0.25, 0.3) is 0 Å². The molecule has 0 saturated heterocycles. The third kappa shape index (κ3) is 9.49. The molecular weight excluding hydrogens is 208 g/mol. The second kappa shape index (κ2) is 8.13. The van der Waals surface area contributed by atoms with Crippen LogP contribution >= 0.6 is 0 Å². The van der Waals surface area contributed by atoms with E-state index >= 15 is 0 Å². The minimum absolute atomic E-state index is 0.182. The van der Waals surface area contributed by atoms with Crippen molar-refractivity contribution in [2.24, 2.45) is 11.8 Å². The van der Waals surface area contributed by atoms with Crippen LogP contribution in [-0.4, -0.2) is 22.2 Å². The van der Waals surface area contributed by atoms with E-state index in [0.717, 1.165) is 19.3 Å². The van der Waals surface area contributed by atoms with Crippen molar-refractivity contribution in [2.45, 2.75) is 52.4 Å². The first-order chi connectivity index (χ1) is 7.41. The maximum atomic E-state index is 10.6. The van der Waals surface area contributed by atoms with Crippen molar-refractivity contribution < 1.29 is 19.8 Å². The van der Waals surface area contributed by atoms with Gasteiger partial charge in [-0.1, -0.05) is 20.3 Å². The summed E-state index contributed by atoms with van der Waals surface area (Å²) in [7, 11) is 0. The zero-order valence-electron chi connectivity index (χ0n) is 10.1. The highest BCUT2D eigenvalue weighted by atomic mass is 16.4. The van der Waals surface area contributed by atoms with Gasteiger partial charge in [-0.2, -0.15) is 0 Å². The molecule has 0 bridgehead atoms. The number of carboxylic acids is 2. The minimum atomic E-state index is -0.779. The fourth-order valence-corrected chi connectivity index (χ4v) is 1.93. The number of carboxylic acid groups (broad SMARTS) is 2. The zero-order valence-corrected chi connectivity index (χ0v) is 10.1. The maximum absolute atomic E-state index is 10.6. The van der Waals surface area contributed by atoms with Crippen LogP contribution in [0, 0.1) is 11.8 Å². The van der Waals surface area contributed by atoms with Crippen molar-refractivity contribution in [1.82, 2.24) is 0 Å². The zero-order chi connectivity index (χ0) is 12.6. The molecule has 16 heavy (non-hydrogen) atoms. The van der Waals surface area contributed by atoms with Crippen LogP contribution < -0.4 is 0 Å². The maximum Gasteiger partial charge on any atom is 0.303 e. The SMILES string of the molecule is CC(C)CC(CCCCC(=O)O)CC(=O)O. The van der Waals surface area contributed by atoms with Crippen LogP contribution in [-0.2, 0) is 9.59 Å². The van der Waals surface area contributed by atoms with Crippen molar-refractivity contribution in [2.75, 3.05) is 0 Å². The first kappa shape index (κ1) is 14.9. The van der Waals surface area contributed by atoms with Crippen LogP contribution in [0.5, 0.6) is 0 Å². The molecular formula is C12H22O4. The molecule has 4 nitrogen and oxygen atoms in total. The van der Waals surface area contributed by atoms with E-state index in [1.807, 2.05) is 0 Å². The molecule has 2 N–H and O–H groups in total. The van der Waals surface area contributed by atoms with Crippen LogP contribution in [0.3, 0.4) is 0 Å². The van der Waals surface area contributed by atoms with Gasteiger partial charge >= 0.3 is 11.9 Å². The molecule has 0 spiro atoms. The molecule has 94 valence electrons. The van der Waals surface area contributed by atoms with Crippen molar-refractivity contribution in [3.8, 4) is 0 Å². The Bertz CT molecular complexity index is 223. The molecule has 0 aromatic carbocycles. The van der Waals surface area contributed by atoms with Gasteiger partial charge in [0.25, 0.3) is 0 Å². The van der Waals surface area contributed by atoms with Gasteiger partial charge in [0, 0.05) is 12.8 Å². The summed E-state index contributed by atoms with van der Waals surface area (Å²) in [5.74, 6) is -0.863. The second-order valence-electron chi connectivity index (χ2n) is 4.73. The van der Waals surface area contributed by atoms with E-state index in [-0.39, 0.29) is 18.8 Å². The van der Waals surface area contributed by atoms with E-state index in [0.29, 0.717) is 12.3 Å². The van der Waals surface area contributed by atoms with Crippen LogP contribution in [0.1, 0.15) is 52.4 Å². The molecule has 0 aliphatic rings. The highest BCUT2D eigenvalue weighted by Gasteiger charge is 2.14. The van der Waals surface area contributed by atoms with Crippen LogP contribution in [0.15, 0.2) is 0 Å². The summed E-state index contributed by atoms with van der Waals surface area (Å²) in [5, 5.41) is 17.2. The molecule has 0 heterocycles. The molecule has 0 rings (SSSR count). The Morgan fingerprint density at radius 2 is 1.69 bits per heavy atom. The Hall–Kier alpha value is -1.06. The van der Waals surface area contributed by atoms with Gasteiger partial charge in [0.2, 0.25) is 0 Å². The number of hydrogen-bond donors (Lipinski definition) is 2. The van der Waals surface area contributed by atoms with Gasteiger partial charge in [-0.25, -0.2) is 0 Å². The molecule has 0 fully saturated rings. The van der Waals surface area contributed by atoms with E-state index in [4.69, 9.17) is 10.2 Å². The van der Waals surface area contributed by atoms with Gasteiger partial charge in [0.15, 0.2) is 0 Å². The average Bonchev–Trinajstić information content (AvgIpc) is 2.09. The number of aliphatic carboxylic acids is 2. The topological polar surface area (TPSA) is 74.6 Å². The van der Waals surface area contributed by atoms with Crippen molar-refractivity contribution in [3.63, 3.8) is 0 Å². The minimum Gasteiger partial charge on any atom is -0.481 e. The molecule has 0 saturated carbocycles. The molecule has 0 aliphatic heterocycles. The molecule has 0 amide bonds. The summed E-state index contributed by atoms with van der Waals surface area (Å²) in [4.78, 5) is 20.9. The van der Waals surface area contributed by atoms with Gasteiger partial charge in [0.05, 0.1) is 0 Å². The van der Waals surface area contributed by atoms with E-state index in [1.54, 1.807) is 0 Å². The monoisotopic (exact) mass is 230 g/mol. The van der Waals surface area contributed by atoms with Crippen molar-refractivity contribution in [3.05, 3.63) is 0 Å². The largest absolute Gasteiger partial charge is 0.481 e. The van der Waals surface area contributed by atoms with Gasteiger partial charge < -0.3 is 10.2 Å². The Labute approximate surface area is 96.7 Å². The third-order valence-corrected chi connectivity index (χ3v) is 2.52. The lowest BCUT2D eigenvalue weighted by Gasteiger charge is -2.16. The number of hydrogen-bond acceptors (Lipinski definition) is 2. The predicted molar refractivity (Wildman–Crippen MR) is 61.3 cm³/mol. The normalized spacial score (nSPS) is 12.7. The highest BCUT2D eigenvalue weighted by molar-refractivity contribution is 5.67. The lowest BCUT2D eigenvalue weighted by Crippen LogP contribution is -2.11. The van der Waals surface area contributed by atoms with E-state index in [2.05, 4.69) is 13.8 Å². The highest BCUT2D eigenvalue weighted by Crippen LogP contribution is 2.21. The first-order valence-electron chi connectivity index (χ1n) is 5.85. The first-order valence-corrected chi connectivity index (χ1v) is 5.85. The molecule has 0 aromatic heterocycles. The smallest absolute Gasteiger partial charge is 0.303 e. The summed E-state index contributed by atoms with van der Waals surface area (Å²) in [6, 6.07) is 0. The lowest BCUT2D eigenvalue weighted by molar-refractivity contribution is -0.139. The summed E-state index contributed by atoms with van der Waals surface area (Å²) in [6.45, 7) is 4.15. The molecule has 1 atom stereocenters. The van der Waals surface area contributed by atoms with E-state index in [1.165, 1.54) is 0 Å². The Morgan fingerprint density at radius 1 is 1.06 bits per heavy atom. The third-order valence-electron chi connectivity index (χ3n) is 2.52. The number of rotatable bonds is 9. The van der Waals surface area contributed by atoms with Crippen LogP contribution in [0.4, 0.5) is 0 Å². The quantitative estimate of drug-likeness (QED) is 0.597. The average molecular weight is 230 g/mol. The van der Waals surface area contributed by atoms with E-state index < -0.39 is 11.9 Å². The summed E-state index contributed by atoms with van der Waals surface area (Å²) in [6.07, 6.45) is 3.55. The number of carbonyl (C=O) groups is 2. The summed E-state index contributed by atoms with van der Waals surface area (Å²) < 4.78 is 0. The van der Waals surface area contributed by atoms with Crippen LogP contribution in [0.2, 0.25) is 0 Å². The Balaban J connectivity index is 3.82. The van der Waals surface area contributed by atoms with Gasteiger partial charge in [-0.15, -0.1) is 0 Å². The standard InChI is InChI=1S/C12H22O4/c1-9(2)7-10(8-12(15)16)5-3-4-6-11(13)14/h9-10H,3-8H2,1-2H3,(H,13,14)(H,15,16). The molecule has 0 aromatic rings. The van der Waals surface area contributed by atoms with Crippen molar-refractivity contribution >= 4 is 11.9 Å². The fourth-order valence-electron chi connectivity index (χ4n) is 1.93. The molecule has 0 radical (unpaired) electrons. The Morgan fingerprint density at radius 3 is 2.12 bits per heavy atom. The van der Waals surface area contributed by atoms with Gasteiger partial charge in [0.1, 0.15) is 0 Å².